The maximum atomic E-state index is 13.5. The van der Waals surface area contributed by atoms with Crippen molar-refractivity contribution in [1.82, 2.24) is 5.32 Å². The second-order valence-corrected chi connectivity index (χ2v) is 8.94. The highest BCUT2D eigenvalue weighted by Gasteiger charge is 2.36. The number of likely N-dealkylation sites (N-methyl/N-ethyl adjacent to an activating group) is 1. The summed E-state index contributed by atoms with van der Waals surface area (Å²) < 4.78 is 0. The van der Waals surface area contributed by atoms with Gasteiger partial charge in [0.2, 0.25) is 18.0 Å². The van der Waals surface area contributed by atoms with Crippen LogP contribution in [0.25, 0.3) is 0 Å². The maximum absolute atomic E-state index is 13.5. The highest BCUT2D eigenvalue weighted by Crippen LogP contribution is 2.28. The lowest BCUT2D eigenvalue weighted by atomic mass is 9.82. The van der Waals surface area contributed by atoms with E-state index < -0.39 is 29.8 Å². The lowest BCUT2D eigenvalue weighted by Crippen LogP contribution is -2.50. The molecule has 1 aliphatic heterocycles. The largest absolute Gasteiger partial charge is 0.369 e. The number of hydrogen-bond acceptors (Lipinski definition) is 4. The predicted octanol–water partition coefficient (Wildman–Crippen LogP) is 3.28. The lowest BCUT2D eigenvalue weighted by molar-refractivity contribution is -0.135. The third-order valence-corrected chi connectivity index (χ3v) is 6.00. The van der Waals surface area contributed by atoms with E-state index in [9.17, 15) is 14.4 Å². The van der Waals surface area contributed by atoms with E-state index in [1.54, 1.807) is 13.1 Å². The third-order valence-electron chi connectivity index (χ3n) is 6.00. The van der Waals surface area contributed by atoms with Crippen LogP contribution in [-0.2, 0) is 14.4 Å². The number of benzodiazepines with no additional fused rings is 1. The molecule has 0 spiro atoms. The summed E-state index contributed by atoms with van der Waals surface area (Å²) in [6.45, 7) is 7.64. The molecule has 34 heavy (non-hydrogen) atoms. The number of nitrogens with two attached hydrogens (primary N) is 1. The van der Waals surface area contributed by atoms with Crippen LogP contribution in [0, 0.1) is 17.8 Å². The number of para-hydroxylation sites is 1. The van der Waals surface area contributed by atoms with Crippen LogP contribution in [0.1, 0.15) is 37.8 Å². The van der Waals surface area contributed by atoms with E-state index in [0.717, 1.165) is 11.1 Å². The quantitative estimate of drug-likeness (QED) is 0.561. The first-order chi connectivity index (χ1) is 16.2. The standard InChI is InChI=1S/C27H32N4O3/c1-5-11-19(24(28)32)21(16-17(2)3)26(33)30-25-27(34)31(4)22-15-10-9-14-20(22)23(29-25)18-12-7-6-8-13-18/h5-10,12-15,17,19,21,25H,1,11,16H2,2-4H3,(H2,28,32)(H,30,33). The third kappa shape index (κ3) is 5.42. The number of amides is 3. The minimum Gasteiger partial charge on any atom is -0.369 e. The van der Waals surface area contributed by atoms with Crippen LogP contribution in [0.2, 0.25) is 0 Å². The van der Waals surface area contributed by atoms with E-state index in [-0.39, 0.29) is 18.2 Å². The summed E-state index contributed by atoms with van der Waals surface area (Å²) in [6.07, 6.45) is 1.16. The fourth-order valence-electron chi connectivity index (χ4n) is 4.30. The molecule has 0 saturated carbocycles. The van der Waals surface area contributed by atoms with E-state index in [1.165, 1.54) is 4.90 Å². The summed E-state index contributed by atoms with van der Waals surface area (Å²) in [5, 5.41) is 2.81. The Bertz CT molecular complexity index is 1090. The van der Waals surface area contributed by atoms with Crippen LogP contribution in [0.4, 0.5) is 5.69 Å². The number of carbonyl (C=O) groups excluding carboxylic acids is 3. The van der Waals surface area contributed by atoms with Crippen LogP contribution < -0.4 is 16.0 Å². The average molecular weight is 461 g/mol. The number of primary amides is 1. The van der Waals surface area contributed by atoms with Crippen molar-refractivity contribution in [3.8, 4) is 0 Å². The second kappa shape index (κ2) is 10.9. The average Bonchev–Trinajstić information content (AvgIpc) is 2.92. The zero-order valence-corrected chi connectivity index (χ0v) is 19.9. The van der Waals surface area contributed by atoms with Gasteiger partial charge < -0.3 is 16.0 Å². The molecular formula is C27H32N4O3. The molecule has 7 nitrogen and oxygen atoms in total. The summed E-state index contributed by atoms with van der Waals surface area (Å²) in [5.74, 6) is -2.63. The first kappa shape index (κ1) is 24.9. The molecule has 2 aromatic rings. The van der Waals surface area contributed by atoms with E-state index in [0.29, 0.717) is 17.8 Å². The molecule has 0 fully saturated rings. The number of nitrogens with one attached hydrogen (secondary N) is 1. The Hall–Kier alpha value is -3.74. The summed E-state index contributed by atoms with van der Waals surface area (Å²) in [6, 6.07) is 17.0. The number of benzene rings is 2. The Morgan fingerprint density at radius 2 is 1.76 bits per heavy atom. The summed E-state index contributed by atoms with van der Waals surface area (Å²) in [5.41, 5.74) is 8.56. The number of rotatable bonds is 9. The highest BCUT2D eigenvalue weighted by atomic mass is 16.2. The molecule has 0 radical (unpaired) electrons. The van der Waals surface area contributed by atoms with Crippen LogP contribution in [0.3, 0.4) is 0 Å². The molecule has 2 aromatic carbocycles. The molecule has 0 aromatic heterocycles. The Kier molecular flexibility index (Phi) is 7.99. The first-order valence-corrected chi connectivity index (χ1v) is 11.4. The Labute approximate surface area is 200 Å². The molecule has 0 saturated heterocycles. The molecular weight excluding hydrogens is 428 g/mol. The summed E-state index contributed by atoms with van der Waals surface area (Å²) >= 11 is 0. The van der Waals surface area contributed by atoms with Gasteiger partial charge in [-0.05, 0) is 24.8 Å². The van der Waals surface area contributed by atoms with Gasteiger partial charge in [0.25, 0.3) is 5.91 Å². The van der Waals surface area contributed by atoms with E-state index in [2.05, 4.69) is 11.9 Å². The number of anilines is 1. The van der Waals surface area contributed by atoms with E-state index in [4.69, 9.17) is 10.7 Å². The predicted molar refractivity (Wildman–Crippen MR) is 134 cm³/mol. The number of allylic oxidation sites excluding steroid dienone is 1. The molecule has 1 aliphatic rings. The molecule has 1 heterocycles. The Balaban J connectivity index is 2.03. The molecule has 3 atom stereocenters. The van der Waals surface area contributed by atoms with Gasteiger partial charge in [-0.3, -0.25) is 14.4 Å². The molecule has 7 heteroatoms. The van der Waals surface area contributed by atoms with Crippen LogP contribution in [-0.4, -0.2) is 36.6 Å². The fraction of sp³-hybridized carbons (Fsp3) is 0.333. The zero-order valence-electron chi connectivity index (χ0n) is 19.9. The Morgan fingerprint density at radius 1 is 1.12 bits per heavy atom. The molecule has 0 aliphatic carbocycles. The van der Waals surface area contributed by atoms with Gasteiger partial charge in [-0.2, -0.15) is 0 Å². The van der Waals surface area contributed by atoms with Crippen molar-refractivity contribution in [1.29, 1.82) is 0 Å². The fourth-order valence-corrected chi connectivity index (χ4v) is 4.30. The number of nitrogens with zero attached hydrogens (tertiary/aromatic N) is 2. The van der Waals surface area contributed by atoms with Gasteiger partial charge in [0.05, 0.1) is 23.2 Å². The van der Waals surface area contributed by atoms with Gasteiger partial charge >= 0.3 is 0 Å². The molecule has 3 rings (SSSR count). The van der Waals surface area contributed by atoms with E-state index >= 15 is 0 Å². The van der Waals surface area contributed by atoms with Crippen LogP contribution in [0.15, 0.2) is 72.2 Å². The van der Waals surface area contributed by atoms with Crippen molar-refractivity contribution in [3.05, 3.63) is 78.4 Å². The number of carbonyl (C=O) groups is 3. The monoisotopic (exact) mass is 460 g/mol. The highest BCUT2D eigenvalue weighted by molar-refractivity contribution is 6.20. The van der Waals surface area contributed by atoms with Crippen molar-refractivity contribution in [2.75, 3.05) is 11.9 Å². The summed E-state index contributed by atoms with van der Waals surface area (Å²) in [4.78, 5) is 45.2. The van der Waals surface area contributed by atoms with Crippen LogP contribution >= 0.6 is 0 Å². The van der Waals surface area contributed by atoms with Crippen molar-refractivity contribution in [2.24, 2.45) is 28.5 Å². The topological polar surface area (TPSA) is 105 Å². The van der Waals surface area contributed by atoms with Gasteiger partial charge in [0.15, 0.2) is 0 Å². The van der Waals surface area contributed by atoms with Crippen LogP contribution in [0.5, 0.6) is 0 Å². The van der Waals surface area contributed by atoms with Crippen molar-refractivity contribution >= 4 is 29.1 Å². The minimum absolute atomic E-state index is 0.141. The van der Waals surface area contributed by atoms with Gasteiger partial charge in [0.1, 0.15) is 0 Å². The Morgan fingerprint density at radius 3 is 2.38 bits per heavy atom. The van der Waals surface area contributed by atoms with Crippen molar-refractivity contribution < 1.29 is 14.4 Å². The number of hydrogen-bond donors (Lipinski definition) is 2. The molecule has 3 amide bonds. The van der Waals surface area contributed by atoms with Crippen molar-refractivity contribution in [3.63, 3.8) is 0 Å². The van der Waals surface area contributed by atoms with E-state index in [1.807, 2.05) is 68.4 Å². The molecule has 178 valence electrons. The molecule has 3 N–H and O–H groups in total. The minimum atomic E-state index is -1.15. The molecule has 0 bridgehead atoms. The normalized spacial score (nSPS) is 17.3. The SMILES string of the molecule is C=CCC(C(N)=O)C(CC(C)C)C(=O)NC1N=C(c2ccccc2)c2ccccc2N(C)C1=O. The lowest BCUT2D eigenvalue weighted by Gasteiger charge is -2.27. The van der Waals surface area contributed by atoms with Crippen molar-refractivity contribution in [2.45, 2.75) is 32.9 Å². The van der Waals surface area contributed by atoms with Gasteiger partial charge in [-0.15, -0.1) is 6.58 Å². The number of fused-ring (bicyclic) bond motifs is 1. The zero-order chi connectivity index (χ0) is 24.8. The second-order valence-electron chi connectivity index (χ2n) is 8.94. The maximum Gasteiger partial charge on any atom is 0.272 e. The molecule has 3 unspecified atom stereocenters. The smallest absolute Gasteiger partial charge is 0.272 e. The first-order valence-electron chi connectivity index (χ1n) is 11.4. The number of aliphatic imine (C=N–C) groups is 1. The van der Waals surface area contributed by atoms with Gasteiger partial charge in [-0.1, -0.05) is 68.5 Å². The summed E-state index contributed by atoms with van der Waals surface area (Å²) in [7, 11) is 1.67. The van der Waals surface area contributed by atoms with Gasteiger partial charge in [-0.25, -0.2) is 4.99 Å². The van der Waals surface area contributed by atoms with Gasteiger partial charge in [0, 0.05) is 18.2 Å².